The van der Waals surface area contributed by atoms with Gasteiger partial charge in [-0.2, -0.15) is 0 Å². The molecular weight excluding hydrogens is 399 g/mol. The summed E-state index contributed by atoms with van der Waals surface area (Å²) in [6.07, 6.45) is 7.81. The Hall–Kier alpha value is -1.69. The molecule has 0 radical (unpaired) electrons. The molecule has 0 aliphatic rings. The van der Waals surface area contributed by atoms with E-state index in [1.165, 1.54) is 15.9 Å². The van der Waals surface area contributed by atoms with Crippen molar-refractivity contribution in [2.45, 2.75) is 19.8 Å². The summed E-state index contributed by atoms with van der Waals surface area (Å²) in [7, 11) is 0. The SMILES string of the molecule is CC/C=C\CCP(Br)(c1ccccc1)(c1ccccc1)c1ccccc1. The van der Waals surface area contributed by atoms with Gasteiger partial charge < -0.3 is 0 Å². The summed E-state index contributed by atoms with van der Waals surface area (Å²) < 4.78 is 0. The standard InChI is InChI=1S/C24H26BrP/c1-2-3-4-14-21-26(25,22-15-8-5-9-16-22,23-17-10-6-11-18-23)24-19-12-7-13-20-24/h3-13,15-20H,2,14,21H2,1H3/b4-3-. The molecule has 0 aliphatic heterocycles. The molecule has 0 aromatic heterocycles. The number of hydrogen-bond donors (Lipinski definition) is 0. The summed E-state index contributed by atoms with van der Waals surface area (Å²) in [6.45, 7) is 2.19. The second-order valence-electron chi connectivity index (χ2n) is 6.58. The van der Waals surface area contributed by atoms with E-state index in [1.54, 1.807) is 0 Å². The van der Waals surface area contributed by atoms with Crippen LogP contribution < -0.4 is 15.9 Å². The molecule has 0 saturated heterocycles. The van der Waals surface area contributed by atoms with Gasteiger partial charge in [-0.3, -0.25) is 0 Å². The van der Waals surface area contributed by atoms with Crippen molar-refractivity contribution in [3.63, 3.8) is 0 Å². The minimum absolute atomic E-state index is 1.05. The molecule has 0 atom stereocenters. The van der Waals surface area contributed by atoms with E-state index in [4.69, 9.17) is 0 Å². The van der Waals surface area contributed by atoms with Crippen molar-refractivity contribution in [1.82, 2.24) is 0 Å². The first-order chi connectivity index (χ1) is 12.7. The zero-order valence-electron chi connectivity index (χ0n) is 15.3. The molecular formula is C24H26BrP. The Bertz CT molecular complexity index is 742. The van der Waals surface area contributed by atoms with E-state index in [0.717, 1.165) is 19.0 Å². The predicted molar refractivity (Wildman–Crippen MR) is 123 cm³/mol. The molecule has 0 amide bonds. The summed E-state index contributed by atoms with van der Waals surface area (Å²) in [5, 5.41) is 1.45. The molecule has 134 valence electrons. The zero-order chi connectivity index (χ0) is 18.3. The topological polar surface area (TPSA) is 0 Å². The monoisotopic (exact) mass is 424 g/mol. The van der Waals surface area contributed by atoms with Gasteiger partial charge >= 0.3 is 166 Å². The van der Waals surface area contributed by atoms with Crippen LogP contribution in [0.3, 0.4) is 0 Å². The van der Waals surface area contributed by atoms with Crippen LogP contribution in [0.2, 0.25) is 0 Å². The Balaban J connectivity index is 2.29. The fourth-order valence-electron chi connectivity index (χ4n) is 3.65. The molecule has 0 saturated carbocycles. The van der Waals surface area contributed by atoms with Gasteiger partial charge in [0.1, 0.15) is 0 Å². The van der Waals surface area contributed by atoms with E-state index in [1.807, 2.05) is 0 Å². The van der Waals surface area contributed by atoms with Gasteiger partial charge in [-0.15, -0.1) is 0 Å². The summed E-state index contributed by atoms with van der Waals surface area (Å²) in [5.74, 6) is 0. The minimum atomic E-state index is -2.72. The molecule has 3 aromatic carbocycles. The van der Waals surface area contributed by atoms with E-state index in [0.29, 0.717) is 0 Å². The Labute approximate surface area is 165 Å². The number of allylic oxidation sites excluding steroid dienone is 2. The number of hydrogen-bond acceptors (Lipinski definition) is 0. The van der Waals surface area contributed by atoms with Gasteiger partial charge in [0.15, 0.2) is 0 Å². The van der Waals surface area contributed by atoms with Crippen LogP contribution in [0.25, 0.3) is 0 Å². The van der Waals surface area contributed by atoms with Crippen molar-refractivity contribution in [3.05, 3.63) is 103 Å². The molecule has 3 aromatic rings. The quantitative estimate of drug-likeness (QED) is 0.313. The summed E-state index contributed by atoms with van der Waals surface area (Å²) >= 11 is 4.47. The summed E-state index contributed by atoms with van der Waals surface area (Å²) in [6, 6.07) is 33.0. The molecule has 0 unspecified atom stereocenters. The Kier molecular flexibility index (Phi) is 6.12. The van der Waals surface area contributed by atoms with Crippen LogP contribution in [0.15, 0.2) is 103 Å². The van der Waals surface area contributed by atoms with Gasteiger partial charge in [-0.05, 0) is 0 Å². The van der Waals surface area contributed by atoms with Crippen molar-refractivity contribution in [1.29, 1.82) is 0 Å². The molecule has 0 nitrogen and oxygen atoms in total. The second kappa shape index (κ2) is 8.33. The van der Waals surface area contributed by atoms with Crippen molar-refractivity contribution >= 4 is 36.7 Å². The van der Waals surface area contributed by atoms with Crippen LogP contribution in [-0.2, 0) is 0 Å². The van der Waals surface area contributed by atoms with Crippen LogP contribution in [0.1, 0.15) is 19.8 Å². The molecule has 0 N–H and O–H groups in total. The maximum absolute atomic E-state index is 4.47. The fourth-order valence-corrected chi connectivity index (χ4v) is 11.1. The molecule has 26 heavy (non-hydrogen) atoms. The fraction of sp³-hybridized carbons (Fsp3) is 0.167. The Morgan fingerprint density at radius 1 is 0.654 bits per heavy atom. The van der Waals surface area contributed by atoms with E-state index < -0.39 is 5.31 Å². The van der Waals surface area contributed by atoms with Gasteiger partial charge in [0.25, 0.3) is 0 Å². The average Bonchev–Trinajstić information content (AvgIpc) is 2.73. The van der Waals surface area contributed by atoms with E-state index in [2.05, 4.69) is 126 Å². The van der Waals surface area contributed by atoms with Crippen molar-refractivity contribution in [2.24, 2.45) is 0 Å². The third-order valence-electron chi connectivity index (χ3n) is 5.00. The molecule has 0 spiro atoms. The van der Waals surface area contributed by atoms with Gasteiger partial charge in [-0.1, -0.05) is 0 Å². The van der Waals surface area contributed by atoms with Crippen LogP contribution in [-0.4, -0.2) is 6.16 Å². The van der Waals surface area contributed by atoms with Gasteiger partial charge in [0, 0.05) is 0 Å². The molecule has 0 aliphatic carbocycles. The Morgan fingerprint density at radius 3 is 1.38 bits per heavy atom. The second-order valence-corrected chi connectivity index (χ2v) is 15.6. The normalized spacial score (nSPS) is 13.4. The van der Waals surface area contributed by atoms with Crippen molar-refractivity contribution < 1.29 is 0 Å². The Morgan fingerprint density at radius 2 is 1.04 bits per heavy atom. The van der Waals surface area contributed by atoms with Crippen LogP contribution in [0.4, 0.5) is 0 Å². The number of halogens is 1. The van der Waals surface area contributed by atoms with Crippen LogP contribution in [0, 0.1) is 0 Å². The first kappa shape index (κ1) is 19.1. The first-order valence-electron chi connectivity index (χ1n) is 9.25. The third kappa shape index (κ3) is 3.43. The van der Waals surface area contributed by atoms with E-state index >= 15 is 0 Å². The van der Waals surface area contributed by atoms with Crippen LogP contribution >= 0.6 is 20.8 Å². The van der Waals surface area contributed by atoms with Gasteiger partial charge in [0.2, 0.25) is 0 Å². The van der Waals surface area contributed by atoms with Crippen LogP contribution in [0.5, 0.6) is 0 Å². The van der Waals surface area contributed by atoms with Gasteiger partial charge in [0.05, 0.1) is 0 Å². The maximum atomic E-state index is 4.47. The molecule has 0 fully saturated rings. The van der Waals surface area contributed by atoms with Crippen molar-refractivity contribution in [3.8, 4) is 0 Å². The number of rotatable bonds is 7. The van der Waals surface area contributed by atoms with Gasteiger partial charge in [-0.25, -0.2) is 0 Å². The summed E-state index contributed by atoms with van der Waals surface area (Å²) in [5.41, 5.74) is 0. The zero-order valence-corrected chi connectivity index (χ0v) is 17.7. The van der Waals surface area contributed by atoms with Crippen molar-refractivity contribution in [2.75, 3.05) is 6.16 Å². The summed E-state index contributed by atoms with van der Waals surface area (Å²) in [4.78, 5) is 0. The van der Waals surface area contributed by atoms with E-state index in [-0.39, 0.29) is 0 Å². The number of benzene rings is 3. The molecule has 2 heteroatoms. The predicted octanol–water partition coefficient (Wildman–Crippen LogP) is 6.18. The average molecular weight is 425 g/mol. The molecule has 0 bridgehead atoms. The third-order valence-corrected chi connectivity index (χ3v) is 15.0. The molecule has 3 rings (SSSR count). The molecule has 0 heterocycles. The van der Waals surface area contributed by atoms with E-state index in [9.17, 15) is 0 Å². The first-order valence-corrected chi connectivity index (χ1v) is 13.7.